The van der Waals surface area contributed by atoms with Crippen molar-refractivity contribution < 1.29 is 9.90 Å². The highest BCUT2D eigenvalue weighted by atomic mass is 79.9. The Hall–Kier alpha value is -1.37. The Labute approximate surface area is 139 Å². The van der Waals surface area contributed by atoms with Crippen molar-refractivity contribution in [1.82, 2.24) is 0 Å². The maximum absolute atomic E-state index is 12.2. The molecule has 0 radical (unpaired) electrons. The van der Waals surface area contributed by atoms with Crippen LogP contribution in [0.2, 0.25) is 0 Å². The van der Waals surface area contributed by atoms with Crippen molar-refractivity contribution in [3.63, 3.8) is 0 Å². The highest BCUT2D eigenvalue weighted by Gasteiger charge is 2.16. The number of anilines is 1. The minimum absolute atomic E-state index is 0.189. The van der Waals surface area contributed by atoms with E-state index in [4.69, 9.17) is 5.73 Å². The highest BCUT2D eigenvalue weighted by molar-refractivity contribution is 9.11. The number of carbonyl (C=O) groups is 1. The Morgan fingerprint density at radius 2 is 1.71 bits per heavy atom. The molecule has 110 valence electrons. The smallest absolute Gasteiger partial charge is 0.241 e. The van der Waals surface area contributed by atoms with Gasteiger partial charge >= 0.3 is 0 Å². The molecular formula is C15H14Br2N2O2. The van der Waals surface area contributed by atoms with Gasteiger partial charge in [0.2, 0.25) is 5.91 Å². The Kier molecular flexibility index (Phi) is 5.39. The third-order valence-corrected chi connectivity index (χ3v) is 4.26. The second-order valence-corrected chi connectivity index (χ2v) is 6.27. The van der Waals surface area contributed by atoms with Gasteiger partial charge in [0.25, 0.3) is 0 Å². The van der Waals surface area contributed by atoms with Gasteiger partial charge in [-0.15, -0.1) is 0 Å². The minimum atomic E-state index is -0.673. The van der Waals surface area contributed by atoms with Crippen molar-refractivity contribution >= 4 is 43.5 Å². The fourth-order valence-corrected chi connectivity index (χ4v) is 3.01. The van der Waals surface area contributed by atoms with E-state index in [1.54, 1.807) is 24.3 Å². The number of rotatable bonds is 4. The summed E-state index contributed by atoms with van der Waals surface area (Å²) in [6, 6.07) is 11.5. The van der Waals surface area contributed by atoms with Crippen LogP contribution in [-0.4, -0.2) is 17.1 Å². The average Bonchev–Trinajstić information content (AvgIpc) is 2.45. The predicted molar refractivity (Wildman–Crippen MR) is 90.3 cm³/mol. The molecule has 1 amide bonds. The number of benzene rings is 2. The SMILES string of the molecule is N[C@H](Cc1ccc(O)cc1)C(=O)Nc1c(Br)cccc1Br. The number of nitrogens with two attached hydrogens (primary N) is 1. The maximum atomic E-state index is 12.2. The van der Waals surface area contributed by atoms with Gasteiger partial charge in [-0.05, 0) is 68.1 Å². The molecule has 2 aromatic carbocycles. The number of amides is 1. The molecule has 0 fully saturated rings. The lowest BCUT2D eigenvalue weighted by Gasteiger charge is -2.14. The third kappa shape index (κ3) is 4.30. The van der Waals surface area contributed by atoms with E-state index in [0.29, 0.717) is 12.1 Å². The van der Waals surface area contributed by atoms with E-state index in [1.807, 2.05) is 18.2 Å². The lowest BCUT2D eigenvalue weighted by atomic mass is 10.1. The summed E-state index contributed by atoms with van der Waals surface area (Å²) in [6.45, 7) is 0. The number of phenols is 1. The van der Waals surface area contributed by atoms with Crippen LogP contribution in [0.3, 0.4) is 0 Å². The molecule has 4 N–H and O–H groups in total. The maximum Gasteiger partial charge on any atom is 0.241 e. The van der Waals surface area contributed by atoms with Crippen LogP contribution in [0.1, 0.15) is 5.56 Å². The third-order valence-electron chi connectivity index (χ3n) is 2.94. The van der Waals surface area contributed by atoms with Gasteiger partial charge in [-0.3, -0.25) is 4.79 Å². The summed E-state index contributed by atoms with van der Waals surface area (Å²) in [6.07, 6.45) is 0.397. The van der Waals surface area contributed by atoms with Crippen molar-refractivity contribution in [3.05, 3.63) is 57.0 Å². The van der Waals surface area contributed by atoms with Gasteiger partial charge in [0.05, 0.1) is 11.7 Å². The van der Waals surface area contributed by atoms with E-state index in [-0.39, 0.29) is 11.7 Å². The largest absolute Gasteiger partial charge is 0.508 e. The molecule has 4 nitrogen and oxygen atoms in total. The first-order valence-corrected chi connectivity index (χ1v) is 7.84. The van der Waals surface area contributed by atoms with E-state index in [2.05, 4.69) is 37.2 Å². The van der Waals surface area contributed by atoms with Gasteiger partial charge in [-0.1, -0.05) is 18.2 Å². The normalized spacial score (nSPS) is 12.0. The molecule has 0 bridgehead atoms. The number of carbonyl (C=O) groups excluding carboxylic acids is 1. The highest BCUT2D eigenvalue weighted by Crippen LogP contribution is 2.30. The second kappa shape index (κ2) is 7.06. The van der Waals surface area contributed by atoms with Crippen LogP contribution in [0.5, 0.6) is 5.75 Å². The molecular weight excluding hydrogens is 400 g/mol. The van der Waals surface area contributed by atoms with Gasteiger partial charge in [-0.2, -0.15) is 0 Å². The predicted octanol–water partition coefficient (Wildman–Crippen LogP) is 3.43. The van der Waals surface area contributed by atoms with Crippen molar-refractivity contribution in [1.29, 1.82) is 0 Å². The molecule has 2 rings (SSSR count). The fraction of sp³-hybridized carbons (Fsp3) is 0.133. The zero-order valence-electron chi connectivity index (χ0n) is 11.0. The van der Waals surface area contributed by atoms with Gasteiger partial charge < -0.3 is 16.2 Å². The molecule has 2 aromatic rings. The van der Waals surface area contributed by atoms with Crippen LogP contribution in [0.15, 0.2) is 51.4 Å². The van der Waals surface area contributed by atoms with E-state index in [1.165, 1.54) is 0 Å². The molecule has 0 aliphatic rings. The Bertz CT molecular complexity index is 624. The van der Waals surface area contributed by atoms with Crippen LogP contribution in [0.4, 0.5) is 5.69 Å². The molecule has 6 heteroatoms. The summed E-state index contributed by atoms with van der Waals surface area (Å²) in [4.78, 5) is 12.2. The Morgan fingerprint density at radius 1 is 1.14 bits per heavy atom. The number of aromatic hydroxyl groups is 1. The number of hydrogen-bond donors (Lipinski definition) is 3. The number of halogens is 2. The van der Waals surface area contributed by atoms with Crippen molar-refractivity contribution in [3.8, 4) is 5.75 Å². The summed E-state index contributed by atoms with van der Waals surface area (Å²) in [7, 11) is 0. The number of para-hydroxylation sites is 1. The standard InChI is InChI=1S/C15H14Br2N2O2/c16-11-2-1-3-12(17)14(11)19-15(21)13(18)8-9-4-6-10(20)7-5-9/h1-7,13,20H,8,18H2,(H,19,21)/t13-/m1/s1. The molecule has 0 aliphatic heterocycles. The summed E-state index contributed by atoms with van der Waals surface area (Å²) >= 11 is 6.77. The van der Waals surface area contributed by atoms with Crippen LogP contribution in [-0.2, 0) is 11.2 Å². The van der Waals surface area contributed by atoms with Crippen LogP contribution < -0.4 is 11.1 Å². The van der Waals surface area contributed by atoms with Gasteiger partial charge in [0.1, 0.15) is 5.75 Å². The first-order chi connectivity index (χ1) is 9.97. The summed E-state index contributed by atoms with van der Waals surface area (Å²) < 4.78 is 1.56. The molecule has 0 spiro atoms. The quantitative estimate of drug-likeness (QED) is 0.718. The molecule has 0 heterocycles. The first-order valence-electron chi connectivity index (χ1n) is 6.25. The zero-order valence-corrected chi connectivity index (χ0v) is 14.2. The summed E-state index contributed by atoms with van der Waals surface area (Å²) in [5.41, 5.74) is 7.48. The second-order valence-electron chi connectivity index (χ2n) is 4.56. The van der Waals surface area contributed by atoms with E-state index in [9.17, 15) is 9.90 Å². The van der Waals surface area contributed by atoms with E-state index < -0.39 is 6.04 Å². The van der Waals surface area contributed by atoms with E-state index >= 15 is 0 Å². The zero-order chi connectivity index (χ0) is 15.4. The minimum Gasteiger partial charge on any atom is -0.508 e. The first kappa shape index (κ1) is 16.0. The molecule has 0 saturated heterocycles. The van der Waals surface area contributed by atoms with Crippen LogP contribution >= 0.6 is 31.9 Å². The van der Waals surface area contributed by atoms with Crippen LogP contribution in [0.25, 0.3) is 0 Å². The van der Waals surface area contributed by atoms with E-state index in [0.717, 1.165) is 14.5 Å². The number of hydrogen-bond acceptors (Lipinski definition) is 3. The number of phenolic OH excluding ortho intramolecular Hbond substituents is 1. The molecule has 0 aliphatic carbocycles. The molecule has 0 unspecified atom stereocenters. The Balaban J connectivity index is 2.04. The fourth-order valence-electron chi connectivity index (χ4n) is 1.81. The molecule has 0 aromatic heterocycles. The summed E-state index contributed by atoms with van der Waals surface area (Å²) in [5, 5.41) is 12.0. The lowest BCUT2D eigenvalue weighted by molar-refractivity contribution is -0.117. The van der Waals surface area contributed by atoms with Gasteiger partial charge in [0.15, 0.2) is 0 Å². The number of nitrogens with one attached hydrogen (secondary N) is 1. The average molecular weight is 414 g/mol. The Morgan fingerprint density at radius 3 is 2.29 bits per heavy atom. The monoisotopic (exact) mass is 412 g/mol. The summed E-state index contributed by atoms with van der Waals surface area (Å²) in [5.74, 6) is -0.0791. The lowest BCUT2D eigenvalue weighted by Crippen LogP contribution is -2.37. The molecule has 1 atom stereocenters. The van der Waals surface area contributed by atoms with Crippen molar-refractivity contribution in [2.45, 2.75) is 12.5 Å². The van der Waals surface area contributed by atoms with Crippen molar-refractivity contribution in [2.75, 3.05) is 5.32 Å². The topological polar surface area (TPSA) is 75.3 Å². The molecule has 0 saturated carbocycles. The van der Waals surface area contributed by atoms with Crippen molar-refractivity contribution in [2.24, 2.45) is 5.73 Å². The van der Waals surface area contributed by atoms with Gasteiger partial charge in [-0.25, -0.2) is 0 Å². The van der Waals surface area contributed by atoms with Gasteiger partial charge in [0, 0.05) is 8.95 Å². The molecule has 21 heavy (non-hydrogen) atoms. The van der Waals surface area contributed by atoms with Crippen LogP contribution in [0, 0.1) is 0 Å².